The van der Waals surface area contributed by atoms with E-state index < -0.39 is 17.2 Å². The molecule has 0 bridgehead atoms. The van der Waals surface area contributed by atoms with Crippen LogP contribution >= 0.6 is 23.2 Å². The molecule has 1 heterocycles. The number of nitrogens with zero attached hydrogens (tertiary/aromatic N) is 2. The summed E-state index contributed by atoms with van der Waals surface area (Å²) in [5.74, 6) is 0. The topological polar surface area (TPSA) is 46.9 Å². The Bertz CT molecular complexity index is 485. The Morgan fingerprint density at radius 1 is 0.947 bits per heavy atom. The van der Waals surface area contributed by atoms with Gasteiger partial charge in [0.2, 0.25) is 0 Å². The highest BCUT2D eigenvalue weighted by molar-refractivity contribution is 6.42. The minimum atomic E-state index is -0.681. The van der Waals surface area contributed by atoms with Gasteiger partial charge in [0.1, 0.15) is 6.17 Å². The second kappa shape index (κ2) is 4.58. The van der Waals surface area contributed by atoms with Gasteiger partial charge in [0.25, 0.3) is 0 Å². The van der Waals surface area contributed by atoms with Crippen LogP contribution in [-0.2, 0) is 0 Å². The monoisotopic (exact) mass is 304 g/mol. The Morgan fingerprint density at radius 3 is 1.84 bits per heavy atom. The largest absolute Gasteiger partial charge is 0.311 e. The van der Waals surface area contributed by atoms with Crippen molar-refractivity contribution in [3.8, 4) is 0 Å². The highest BCUT2D eigenvalue weighted by atomic mass is 35.5. The van der Waals surface area contributed by atoms with Crippen LogP contribution in [0.2, 0.25) is 10.0 Å². The molecule has 19 heavy (non-hydrogen) atoms. The Kier molecular flexibility index (Phi) is 3.63. The van der Waals surface area contributed by atoms with Crippen molar-refractivity contribution in [2.24, 2.45) is 0 Å². The Balaban J connectivity index is 2.48. The van der Waals surface area contributed by atoms with Gasteiger partial charge in [0.15, 0.2) is 0 Å². The fourth-order valence-corrected chi connectivity index (χ4v) is 2.54. The number of halogens is 2. The molecule has 1 saturated heterocycles. The maximum absolute atomic E-state index is 10.4. The van der Waals surface area contributed by atoms with Gasteiger partial charge in [-0.15, -0.1) is 0 Å². The lowest BCUT2D eigenvalue weighted by Gasteiger charge is -2.37. The lowest BCUT2D eigenvalue weighted by atomic mass is 9.84. The second-order valence-electron chi connectivity index (χ2n) is 5.85. The standard InChI is InChI=1S/C13H18Cl2N2O2/c1-12(2)13(3,4)17(19)11(16(12)18)8-5-6-9(14)10(15)7-8/h5-7,11,18-19H,1-4H3. The predicted octanol–water partition coefficient (Wildman–Crippen LogP) is 3.95. The molecule has 1 aromatic carbocycles. The minimum absolute atomic E-state index is 0.392. The van der Waals surface area contributed by atoms with Crippen LogP contribution in [0.25, 0.3) is 0 Å². The molecule has 2 N–H and O–H groups in total. The van der Waals surface area contributed by atoms with Crippen molar-refractivity contribution in [1.29, 1.82) is 0 Å². The maximum atomic E-state index is 10.4. The van der Waals surface area contributed by atoms with Crippen molar-refractivity contribution in [2.75, 3.05) is 0 Å². The van der Waals surface area contributed by atoms with E-state index in [2.05, 4.69) is 0 Å². The van der Waals surface area contributed by atoms with Gasteiger partial charge in [-0.2, -0.15) is 10.1 Å². The number of benzene rings is 1. The van der Waals surface area contributed by atoms with Gasteiger partial charge in [-0.25, -0.2) is 0 Å². The van der Waals surface area contributed by atoms with Crippen LogP contribution in [0.1, 0.15) is 39.4 Å². The van der Waals surface area contributed by atoms with Crippen LogP contribution in [0.4, 0.5) is 0 Å². The van der Waals surface area contributed by atoms with Crippen molar-refractivity contribution < 1.29 is 10.4 Å². The van der Waals surface area contributed by atoms with Gasteiger partial charge in [0.05, 0.1) is 21.1 Å². The molecule has 1 aliphatic rings. The van der Waals surface area contributed by atoms with Crippen LogP contribution in [0.15, 0.2) is 18.2 Å². The molecule has 106 valence electrons. The average molecular weight is 305 g/mol. The highest BCUT2D eigenvalue weighted by Gasteiger charge is 2.58. The van der Waals surface area contributed by atoms with Crippen molar-refractivity contribution >= 4 is 23.2 Å². The van der Waals surface area contributed by atoms with E-state index in [1.807, 2.05) is 27.7 Å². The summed E-state index contributed by atoms with van der Waals surface area (Å²) >= 11 is 11.9. The maximum Gasteiger partial charge on any atom is 0.136 e. The van der Waals surface area contributed by atoms with Crippen molar-refractivity contribution in [3.05, 3.63) is 33.8 Å². The summed E-state index contributed by atoms with van der Waals surface area (Å²) in [7, 11) is 0. The Hall–Kier alpha value is -0.360. The third-order valence-corrected chi connectivity index (χ3v) is 5.09. The minimum Gasteiger partial charge on any atom is -0.311 e. The van der Waals surface area contributed by atoms with Crippen LogP contribution in [0.3, 0.4) is 0 Å². The zero-order valence-electron chi connectivity index (χ0n) is 11.4. The van der Waals surface area contributed by atoms with E-state index in [1.54, 1.807) is 18.2 Å². The molecule has 0 amide bonds. The van der Waals surface area contributed by atoms with Gasteiger partial charge in [0, 0.05) is 0 Å². The van der Waals surface area contributed by atoms with E-state index in [4.69, 9.17) is 23.2 Å². The molecule has 6 heteroatoms. The van der Waals surface area contributed by atoms with Crippen molar-refractivity contribution in [2.45, 2.75) is 44.9 Å². The lowest BCUT2D eigenvalue weighted by Crippen LogP contribution is -2.52. The summed E-state index contributed by atoms with van der Waals surface area (Å²) in [6.45, 7) is 7.48. The summed E-state index contributed by atoms with van der Waals surface area (Å²) in [6.07, 6.45) is -0.681. The molecule has 2 rings (SSSR count). The molecule has 1 aliphatic heterocycles. The molecule has 0 radical (unpaired) electrons. The quantitative estimate of drug-likeness (QED) is 0.825. The summed E-state index contributed by atoms with van der Waals surface area (Å²) in [6, 6.07) is 5.04. The van der Waals surface area contributed by atoms with E-state index in [-0.39, 0.29) is 0 Å². The fourth-order valence-electron chi connectivity index (χ4n) is 2.23. The fraction of sp³-hybridized carbons (Fsp3) is 0.538. The molecule has 0 spiro atoms. The van der Waals surface area contributed by atoms with Crippen LogP contribution in [-0.4, -0.2) is 31.6 Å². The Morgan fingerprint density at radius 2 is 1.42 bits per heavy atom. The van der Waals surface area contributed by atoms with Gasteiger partial charge < -0.3 is 10.4 Å². The van der Waals surface area contributed by atoms with E-state index in [9.17, 15) is 10.4 Å². The molecule has 0 unspecified atom stereocenters. The first-order valence-corrected chi connectivity index (χ1v) is 6.77. The summed E-state index contributed by atoms with van der Waals surface area (Å²) in [4.78, 5) is 0. The van der Waals surface area contributed by atoms with Gasteiger partial charge >= 0.3 is 0 Å². The molecular formula is C13H18Cl2N2O2. The first-order chi connectivity index (χ1) is 8.60. The summed E-state index contributed by atoms with van der Waals surface area (Å²) < 4.78 is 0. The van der Waals surface area contributed by atoms with Crippen LogP contribution in [0, 0.1) is 0 Å². The lowest BCUT2D eigenvalue weighted by molar-refractivity contribution is -0.223. The smallest absolute Gasteiger partial charge is 0.136 e. The van der Waals surface area contributed by atoms with Gasteiger partial charge in [-0.05, 0) is 45.4 Å². The summed E-state index contributed by atoms with van der Waals surface area (Å²) in [5.41, 5.74) is -0.574. The van der Waals surface area contributed by atoms with E-state index in [0.29, 0.717) is 15.6 Å². The second-order valence-corrected chi connectivity index (χ2v) is 6.67. The zero-order valence-corrected chi connectivity index (χ0v) is 12.9. The van der Waals surface area contributed by atoms with Crippen molar-refractivity contribution in [3.63, 3.8) is 0 Å². The number of hydroxylamine groups is 4. The van der Waals surface area contributed by atoms with E-state index >= 15 is 0 Å². The van der Waals surface area contributed by atoms with Crippen molar-refractivity contribution in [1.82, 2.24) is 10.1 Å². The first-order valence-electron chi connectivity index (χ1n) is 6.02. The van der Waals surface area contributed by atoms with Crippen LogP contribution < -0.4 is 0 Å². The number of rotatable bonds is 1. The molecule has 4 nitrogen and oxygen atoms in total. The molecule has 0 atom stereocenters. The molecule has 0 aliphatic carbocycles. The van der Waals surface area contributed by atoms with E-state index in [0.717, 1.165) is 10.1 Å². The normalized spacial score (nSPS) is 24.0. The SMILES string of the molecule is CC1(C)N(O)C(c2ccc(Cl)c(Cl)c2)N(O)C1(C)C. The molecule has 1 fully saturated rings. The summed E-state index contributed by atoms with van der Waals surface area (Å²) in [5, 5.41) is 23.9. The molecular weight excluding hydrogens is 287 g/mol. The van der Waals surface area contributed by atoms with Crippen LogP contribution in [0.5, 0.6) is 0 Å². The average Bonchev–Trinajstić information content (AvgIpc) is 2.43. The van der Waals surface area contributed by atoms with E-state index in [1.165, 1.54) is 0 Å². The first kappa shape index (κ1) is 15.0. The molecule has 1 aromatic rings. The third kappa shape index (κ3) is 2.07. The molecule has 0 saturated carbocycles. The number of hydrogen-bond donors (Lipinski definition) is 2. The highest BCUT2D eigenvalue weighted by Crippen LogP contribution is 2.47. The predicted molar refractivity (Wildman–Crippen MR) is 74.6 cm³/mol. The third-order valence-electron chi connectivity index (χ3n) is 4.35. The van der Waals surface area contributed by atoms with Gasteiger partial charge in [-0.1, -0.05) is 29.3 Å². The Labute approximate surface area is 123 Å². The number of hydrogen-bond acceptors (Lipinski definition) is 4. The molecule has 0 aromatic heterocycles. The zero-order chi connectivity index (χ0) is 14.6. The van der Waals surface area contributed by atoms with Gasteiger partial charge in [-0.3, -0.25) is 0 Å².